The van der Waals surface area contributed by atoms with Crippen LogP contribution in [0, 0.1) is 28.6 Å². The van der Waals surface area contributed by atoms with Gasteiger partial charge < -0.3 is 14.9 Å². The van der Waals surface area contributed by atoms with Gasteiger partial charge in [0.2, 0.25) is 0 Å². The minimum Gasteiger partial charge on any atom is -0.497 e. The minimum atomic E-state index is -0.350. The zero-order valence-electron chi connectivity index (χ0n) is 18.6. The van der Waals surface area contributed by atoms with Gasteiger partial charge in [0, 0.05) is 5.41 Å². The van der Waals surface area contributed by atoms with Crippen molar-refractivity contribution < 1.29 is 14.9 Å². The summed E-state index contributed by atoms with van der Waals surface area (Å²) in [5.74, 6) is 2.74. The van der Waals surface area contributed by atoms with Crippen LogP contribution in [0.5, 0.6) is 5.75 Å². The number of hydrogen-bond donors (Lipinski definition) is 2. The van der Waals surface area contributed by atoms with Crippen LogP contribution in [0.3, 0.4) is 0 Å². The molecule has 0 aliphatic heterocycles. The van der Waals surface area contributed by atoms with Crippen molar-refractivity contribution in [2.75, 3.05) is 7.11 Å². The van der Waals surface area contributed by atoms with Crippen molar-refractivity contribution >= 4 is 6.08 Å². The normalized spacial score (nSPS) is 44.1. The Morgan fingerprint density at radius 3 is 2.50 bits per heavy atom. The summed E-state index contributed by atoms with van der Waals surface area (Å²) < 4.78 is 5.28. The molecule has 5 rings (SSSR count). The van der Waals surface area contributed by atoms with Crippen LogP contribution >= 0.6 is 0 Å². The van der Waals surface area contributed by atoms with Crippen LogP contribution in [0.2, 0.25) is 0 Å². The molecule has 3 heteroatoms. The third kappa shape index (κ3) is 3.00. The van der Waals surface area contributed by atoms with E-state index in [4.69, 9.17) is 4.74 Å². The van der Waals surface area contributed by atoms with Crippen LogP contribution in [0.15, 0.2) is 41.5 Å². The Morgan fingerprint density at radius 1 is 1.00 bits per heavy atom. The molecule has 0 heterocycles. The van der Waals surface area contributed by atoms with Gasteiger partial charge in [-0.05, 0) is 91.4 Å². The van der Waals surface area contributed by atoms with Crippen LogP contribution in [0.4, 0.5) is 0 Å². The molecule has 4 aliphatic rings. The van der Waals surface area contributed by atoms with Crippen molar-refractivity contribution in [3.63, 3.8) is 0 Å². The fourth-order valence-electron chi connectivity index (χ4n) is 7.55. The van der Waals surface area contributed by atoms with Gasteiger partial charge in [0.15, 0.2) is 0 Å². The third-order valence-electron chi connectivity index (χ3n) is 9.41. The van der Waals surface area contributed by atoms with Gasteiger partial charge in [-0.25, -0.2) is 0 Å². The van der Waals surface area contributed by atoms with E-state index in [-0.39, 0.29) is 23.0 Å². The molecule has 162 valence electrons. The van der Waals surface area contributed by atoms with Crippen LogP contribution in [-0.2, 0) is 0 Å². The average Bonchev–Trinajstić information content (AvgIpc) is 3.00. The standard InChI is InChI=1S/C27H36O3/c1-26-12-10-20(28)16-19(26)6-9-22-23(26)11-13-27(2)24(22)15-18(25(27)29)14-17-4-7-21(30-3)8-5-17/h4-8,14,20,22-25,28-29H,9-13,15-16H2,1-3H3/b18-14+/t20-,22-,23+,24-,25+,26+,27-/m1/s1. The fourth-order valence-corrected chi connectivity index (χ4v) is 7.55. The van der Waals surface area contributed by atoms with E-state index < -0.39 is 0 Å². The summed E-state index contributed by atoms with van der Waals surface area (Å²) in [4.78, 5) is 0. The van der Waals surface area contributed by atoms with Crippen molar-refractivity contribution in [1.82, 2.24) is 0 Å². The smallest absolute Gasteiger partial charge is 0.118 e. The van der Waals surface area contributed by atoms with E-state index in [9.17, 15) is 10.2 Å². The molecule has 1 aromatic carbocycles. The Bertz CT molecular complexity index is 869. The van der Waals surface area contributed by atoms with Gasteiger partial charge in [0.25, 0.3) is 0 Å². The van der Waals surface area contributed by atoms with E-state index >= 15 is 0 Å². The highest BCUT2D eigenvalue weighted by Crippen LogP contribution is 2.65. The van der Waals surface area contributed by atoms with Gasteiger partial charge in [0.1, 0.15) is 5.75 Å². The molecule has 0 bridgehead atoms. The Kier molecular flexibility index (Phi) is 4.91. The predicted octanol–water partition coefficient (Wildman–Crippen LogP) is 5.37. The van der Waals surface area contributed by atoms with Crippen LogP contribution in [0.25, 0.3) is 6.08 Å². The zero-order chi connectivity index (χ0) is 21.1. The molecular weight excluding hydrogens is 372 g/mol. The second-order valence-corrected chi connectivity index (χ2v) is 10.8. The average molecular weight is 409 g/mol. The lowest BCUT2D eigenvalue weighted by atomic mass is 9.48. The van der Waals surface area contributed by atoms with Crippen molar-refractivity contribution in [1.29, 1.82) is 0 Å². The van der Waals surface area contributed by atoms with Crippen molar-refractivity contribution in [2.24, 2.45) is 28.6 Å². The van der Waals surface area contributed by atoms with Crippen LogP contribution in [-0.4, -0.2) is 29.5 Å². The van der Waals surface area contributed by atoms with Gasteiger partial charge >= 0.3 is 0 Å². The van der Waals surface area contributed by atoms with Crippen molar-refractivity contribution in [3.05, 3.63) is 47.1 Å². The van der Waals surface area contributed by atoms with E-state index in [0.717, 1.165) is 49.8 Å². The van der Waals surface area contributed by atoms with Crippen molar-refractivity contribution in [3.8, 4) is 5.75 Å². The number of aliphatic hydroxyl groups is 2. The Hall–Kier alpha value is -1.58. The molecule has 30 heavy (non-hydrogen) atoms. The quantitative estimate of drug-likeness (QED) is 0.647. The number of hydrogen-bond acceptors (Lipinski definition) is 3. The summed E-state index contributed by atoms with van der Waals surface area (Å²) in [6.07, 6.45) is 11.5. The first-order chi connectivity index (χ1) is 14.3. The van der Waals surface area contributed by atoms with Gasteiger partial charge in [-0.3, -0.25) is 0 Å². The predicted molar refractivity (Wildman–Crippen MR) is 120 cm³/mol. The number of fused-ring (bicyclic) bond motifs is 5. The number of allylic oxidation sites excluding steroid dienone is 1. The Balaban J connectivity index is 1.44. The maximum Gasteiger partial charge on any atom is 0.118 e. The molecule has 2 N–H and O–H groups in total. The van der Waals surface area contributed by atoms with Crippen molar-refractivity contribution in [2.45, 2.75) is 71.0 Å². The van der Waals surface area contributed by atoms with Gasteiger partial charge in [0.05, 0.1) is 19.3 Å². The molecule has 4 aliphatic carbocycles. The van der Waals surface area contributed by atoms with Crippen LogP contribution in [0.1, 0.15) is 64.4 Å². The van der Waals surface area contributed by atoms with Gasteiger partial charge in [-0.15, -0.1) is 0 Å². The fraction of sp³-hybridized carbons (Fsp3) is 0.630. The number of aliphatic hydroxyl groups excluding tert-OH is 2. The number of methoxy groups -OCH3 is 1. The maximum atomic E-state index is 11.4. The molecule has 0 amide bonds. The van der Waals surface area contributed by atoms with Gasteiger partial charge in [-0.1, -0.05) is 43.7 Å². The summed E-state index contributed by atoms with van der Waals surface area (Å²) in [5, 5.41) is 21.6. The highest BCUT2D eigenvalue weighted by molar-refractivity contribution is 5.56. The molecule has 0 unspecified atom stereocenters. The van der Waals surface area contributed by atoms with Gasteiger partial charge in [-0.2, -0.15) is 0 Å². The molecule has 7 atom stereocenters. The molecule has 3 fully saturated rings. The lowest BCUT2D eigenvalue weighted by molar-refractivity contribution is -0.0685. The summed E-state index contributed by atoms with van der Waals surface area (Å²) in [7, 11) is 1.69. The summed E-state index contributed by atoms with van der Waals surface area (Å²) >= 11 is 0. The summed E-state index contributed by atoms with van der Waals surface area (Å²) in [6.45, 7) is 4.79. The first-order valence-electron chi connectivity index (χ1n) is 11.8. The number of benzene rings is 1. The Labute approximate surface area is 180 Å². The maximum absolute atomic E-state index is 11.4. The minimum absolute atomic E-state index is 0.0185. The molecule has 0 aromatic heterocycles. The van der Waals surface area contributed by atoms with E-state index in [2.05, 4.69) is 38.1 Å². The van der Waals surface area contributed by atoms with Crippen LogP contribution < -0.4 is 4.74 Å². The molecular formula is C27H36O3. The molecule has 0 radical (unpaired) electrons. The molecule has 0 saturated heterocycles. The number of rotatable bonds is 2. The lowest BCUT2D eigenvalue weighted by Gasteiger charge is -2.57. The largest absolute Gasteiger partial charge is 0.497 e. The highest BCUT2D eigenvalue weighted by Gasteiger charge is 2.59. The van der Waals surface area contributed by atoms with E-state index in [0.29, 0.717) is 17.8 Å². The van der Waals surface area contributed by atoms with E-state index in [1.807, 2.05) is 12.1 Å². The SMILES string of the molecule is COc1ccc(/C=C2\C[C@@H]3[C@@H]4CC=C5C[C@H](O)CC[C@]5(C)[C@H]4CC[C@@]3(C)[C@H]2O)cc1. The summed E-state index contributed by atoms with van der Waals surface area (Å²) in [6, 6.07) is 8.14. The Morgan fingerprint density at radius 2 is 1.77 bits per heavy atom. The molecule has 1 aromatic rings. The van der Waals surface area contributed by atoms with E-state index in [1.54, 1.807) is 7.11 Å². The summed E-state index contributed by atoms with van der Waals surface area (Å²) in [5.41, 5.74) is 4.08. The first-order valence-corrected chi connectivity index (χ1v) is 11.8. The lowest BCUT2D eigenvalue weighted by Crippen LogP contribution is -2.51. The highest BCUT2D eigenvalue weighted by atomic mass is 16.5. The first kappa shape index (κ1) is 20.3. The topological polar surface area (TPSA) is 49.7 Å². The molecule has 3 nitrogen and oxygen atoms in total. The third-order valence-corrected chi connectivity index (χ3v) is 9.41. The zero-order valence-corrected chi connectivity index (χ0v) is 18.6. The second kappa shape index (κ2) is 7.24. The monoisotopic (exact) mass is 408 g/mol. The van der Waals surface area contributed by atoms with E-state index in [1.165, 1.54) is 17.6 Å². The second-order valence-electron chi connectivity index (χ2n) is 10.8. The molecule has 3 saturated carbocycles. The number of ether oxygens (including phenoxy) is 1. The molecule has 0 spiro atoms.